The van der Waals surface area contributed by atoms with Crippen molar-refractivity contribution in [3.05, 3.63) is 64.2 Å². The minimum absolute atomic E-state index is 0. The first kappa shape index (κ1) is 31.1. The number of hydrogen-bond donors (Lipinski definition) is 3. The highest BCUT2D eigenvalue weighted by Gasteiger charge is 2.40. The lowest BCUT2D eigenvalue weighted by Crippen LogP contribution is -2.61. The highest BCUT2D eigenvalue weighted by molar-refractivity contribution is 7.89. The highest BCUT2D eigenvalue weighted by atomic mass is 35.5. The van der Waals surface area contributed by atoms with Crippen LogP contribution >= 0.6 is 25.1 Å². The first-order chi connectivity index (χ1) is 17.7. The number of hydrogen-bond acceptors (Lipinski definition) is 7. The van der Waals surface area contributed by atoms with Gasteiger partial charge in [0.15, 0.2) is 5.60 Å². The SMILES string of the molecule is C[C@@](O)(C(=O)N1CCC(N2CC(Nc3ccc(C(=O)NS(C)(=O)=O)c(Cl)c3)C2)CC1)c1cc(F)cc(F)c1.S. The molecule has 0 spiro atoms. The normalized spacial score (nSPS) is 18.5. The second kappa shape index (κ2) is 12.0. The van der Waals surface area contributed by atoms with Gasteiger partial charge in [-0.25, -0.2) is 21.9 Å². The van der Waals surface area contributed by atoms with E-state index in [1.54, 1.807) is 12.1 Å². The topological polar surface area (TPSA) is 119 Å². The van der Waals surface area contributed by atoms with Gasteiger partial charge in [0.25, 0.3) is 11.8 Å². The molecule has 3 N–H and O–H groups in total. The van der Waals surface area contributed by atoms with Gasteiger partial charge in [-0.1, -0.05) is 11.6 Å². The van der Waals surface area contributed by atoms with Crippen LogP contribution in [0.3, 0.4) is 0 Å². The third kappa shape index (κ3) is 7.40. The van der Waals surface area contributed by atoms with Gasteiger partial charge in [0, 0.05) is 44.0 Å². The van der Waals surface area contributed by atoms with Crippen LogP contribution in [0.5, 0.6) is 0 Å². The molecule has 0 aliphatic carbocycles. The van der Waals surface area contributed by atoms with Gasteiger partial charge in [0.2, 0.25) is 10.0 Å². The first-order valence-corrected chi connectivity index (χ1v) is 14.3. The van der Waals surface area contributed by atoms with Crippen molar-refractivity contribution in [2.45, 2.75) is 37.5 Å². The van der Waals surface area contributed by atoms with Crippen LogP contribution in [0.25, 0.3) is 0 Å². The Bertz CT molecular complexity index is 1330. The van der Waals surface area contributed by atoms with E-state index < -0.39 is 39.1 Å². The second-order valence-electron chi connectivity index (χ2n) is 9.95. The molecule has 2 aromatic rings. The number of carbonyl (C=O) groups excluding carboxylic acids is 2. The molecule has 0 unspecified atom stereocenters. The summed E-state index contributed by atoms with van der Waals surface area (Å²) >= 11 is 6.18. The summed E-state index contributed by atoms with van der Waals surface area (Å²) in [7, 11) is -3.70. The van der Waals surface area contributed by atoms with Crippen molar-refractivity contribution in [2.75, 3.05) is 37.8 Å². The first-order valence-electron chi connectivity index (χ1n) is 12.0. The van der Waals surface area contributed by atoms with Gasteiger partial charge in [0.05, 0.1) is 22.9 Å². The molecule has 2 fully saturated rings. The van der Waals surface area contributed by atoms with Crippen molar-refractivity contribution in [2.24, 2.45) is 0 Å². The van der Waals surface area contributed by atoms with E-state index >= 15 is 0 Å². The molecule has 0 aromatic heterocycles. The number of amides is 2. The Labute approximate surface area is 238 Å². The molecule has 2 amide bonds. The third-order valence-electron chi connectivity index (χ3n) is 6.88. The largest absolute Gasteiger partial charge is 0.380 e. The second-order valence-corrected chi connectivity index (χ2v) is 12.1. The summed E-state index contributed by atoms with van der Waals surface area (Å²) in [5, 5.41) is 14.2. The summed E-state index contributed by atoms with van der Waals surface area (Å²) in [6, 6.07) is 7.70. The van der Waals surface area contributed by atoms with E-state index in [0.717, 1.165) is 31.5 Å². The zero-order chi connectivity index (χ0) is 27.8. The van der Waals surface area contributed by atoms with E-state index in [1.807, 2.05) is 4.72 Å². The van der Waals surface area contributed by atoms with E-state index in [4.69, 9.17) is 11.6 Å². The van der Waals surface area contributed by atoms with Crippen molar-refractivity contribution in [1.29, 1.82) is 0 Å². The summed E-state index contributed by atoms with van der Waals surface area (Å²) in [5.41, 5.74) is -1.40. The highest BCUT2D eigenvalue weighted by Crippen LogP contribution is 2.29. The lowest BCUT2D eigenvalue weighted by molar-refractivity contribution is -0.152. The number of piperidine rings is 1. The Morgan fingerprint density at radius 2 is 1.67 bits per heavy atom. The fourth-order valence-electron chi connectivity index (χ4n) is 4.85. The number of rotatable bonds is 7. The van der Waals surface area contributed by atoms with Crippen molar-refractivity contribution in [1.82, 2.24) is 14.5 Å². The summed E-state index contributed by atoms with van der Waals surface area (Å²) in [6.45, 7) is 3.59. The Balaban J connectivity index is 0.00000420. The van der Waals surface area contributed by atoms with Crippen LogP contribution in [0, 0.1) is 11.6 Å². The Morgan fingerprint density at radius 3 is 2.21 bits per heavy atom. The average molecular weight is 605 g/mol. The lowest BCUT2D eigenvalue weighted by atomic mass is 9.91. The molecule has 0 saturated carbocycles. The van der Waals surface area contributed by atoms with Crippen LogP contribution < -0.4 is 10.0 Å². The molecule has 0 bridgehead atoms. The predicted octanol–water partition coefficient (Wildman–Crippen LogP) is 2.42. The van der Waals surface area contributed by atoms with Crippen LogP contribution in [-0.2, 0) is 20.4 Å². The molecule has 2 aliphatic heterocycles. The fraction of sp³-hybridized carbons (Fsp3) is 0.440. The van der Waals surface area contributed by atoms with Gasteiger partial charge in [-0.15, -0.1) is 0 Å². The standard InChI is InChI=1S/C25H29ClF2N4O5S.H2S/c1-25(35,15-9-16(27)11-17(28)10-15)24(34)31-7-5-20(6-8-31)32-13-19(14-32)29-18-3-4-21(22(26)12-18)23(33)30-38(2,36)37;/h3-4,9-12,19-20,29,35H,5-8,13-14H2,1-2H3,(H,30,33);1H2/t25-;/m0./s1. The van der Waals surface area contributed by atoms with Crippen LogP contribution in [0.1, 0.15) is 35.7 Å². The van der Waals surface area contributed by atoms with Crippen molar-refractivity contribution in [3.8, 4) is 0 Å². The summed E-state index contributed by atoms with van der Waals surface area (Å²) in [4.78, 5) is 28.8. The molecule has 2 heterocycles. The minimum atomic E-state index is -3.70. The molecule has 14 heteroatoms. The van der Waals surface area contributed by atoms with Crippen LogP contribution in [0.4, 0.5) is 14.5 Å². The zero-order valence-electron chi connectivity index (χ0n) is 21.4. The molecule has 2 aromatic carbocycles. The van der Waals surface area contributed by atoms with Crippen molar-refractivity contribution in [3.63, 3.8) is 0 Å². The molecule has 0 radical (unpaired) electrons. The predicted molar refractivity (Wildman–Crippen MR) is 149 cm³/mol. The quantitative estimate of drug-likeness (QED) is 0.444. The number of aliphatic hydroxyl groups is 1. The van der Waals surface area contributed by atoms with Crippen molar-refractivity contribution >= 4 is 52.6 Å². The minimum Gasteiger partial charge on any atom is -0.380 e. The number of likely N-dealkylation sites (tertiary alicyclic amines) is 2. The molecule has 214 valence electrons. The zero-order valence-corrected chi connectivity index (χ0v) is 24.0. The number of nitrogens with one attached hydrogen (secondary N) is 2. The Hall–Kier alpha value is -2.45. The third-order valence-corrected chi connectivity index (χ3v) is 7.75. The molecule has 2 saturated heterocycles. The number of carbonyl (C=O) groups is 2. The van der Waals surface area contributed by atoms with Crippen LogP contribution in [-0.4, -0.2) is 79.7 Å². The maximum atomic E-state index is 13.6. The van der Waals surface area contributed by atoms with Gasteiger partial charge in [-0.2, -0.15) is 13.5 Å². The van der Waals surface area contributed by atoms with E-state index in [-0.39, 0.29) is 41.7 Å². The number of anilines is 1. The average Bonchev–Trinajstić information content (AvgIpc) is 2.79. The maximum absolute atomic E-state index is 13.6. The molecular formula is C25H31ClF2N4O5S2. The molecule has 9 nitrogen and oxygen atoms in total. The fourth-order valence-corrected chi connectivity index (χ4v) is 5.56. The van der Waals surface area contributed by atoms with Crippen LogP contribution in [0.15, 0.2) is 36.4 Å². The van der Waals surface area contributed by atoms with Crippen LogP contribution in [0.2, 0.25) is 5.02 Å². The van der Waals surface area contributed by atoms with E-state index in [0.29, 0.717) is 37.7 Å². The molecule has 1 atom stereocenters. The molecule has 39 heavy (non-hydrogen) atoms. The lowest BCUT2D eigenvalue weighted by Gasteiger charge is -2.48. The van der Waals surface area contributed by atoms with Crippen molar-refractivity contribution < 1.29 is 31.9 Å². The van der Waals surface area contributed by atoms with E-state index in [1.165, 1.54) is 17.9 Å². The maximum Gasteiger partial charge on any atom is 0.266 e. The number of benzene rings is 2. The molecule has 2 aliphatic rings. The monoisotopic (exact) mass is 604 g/mol. The van der Waals surface area contributed by atoms with E-state index in [9.17, 15) is 31.9 Å². The molecular weight excluding hydrogens is 574 g/mol. The van der Waals surface area contributed by atoms with Gasteiger partial charge in [0.1, 0.15) is 11.6 Å². The summed E-state index contributed by atoms with van der Waals surface area (Å²) in [5.74, 6) is -3.10. The number of nitrogens with zero attached hydrogens (tertiary/aromatic N) is 2. The van der Waals surface area contributed by atoms with Gasteiger partial charge >= 0.3 is 0 Å². The number of sulfonamides is 1. The summed E-state index contributed by atoms with van der Waals surface area (Å²) in [6.07, 6.45) is 2.28. The van der Waals surface area contributed by atoms with Gasteiger partial charge < -0.3 is 15.3 Å². The summed E-state index contributed by atoms with van der Waals surface area (Å²) < 4.78 is 51.7. The number of halogens is 3. The Morgan fingerprint density at radius 1 is 1.08 bits per heavy atom. The van der Waals surface area contributed by atoms with Gasteiger partial charge in [-0.3, -0.25) is 14.5 Å². The van der Waals surface area contributed by atoms with E-state index in [2.05, 4.69) is 10.2 Å². The van der Waals surface area contributed by atoms with Gasteiger partial charge in [-0.05, 0) is 55.7 Å². The smallest absolute Gasteiger partial charge is 0.266 e. The molecule has 4 rings (SSSR count). The Kier molecular flexibility index (Phi) is 9.54.